The van der Waals surface area contributed by atoms with E-state index in [2.05, 4.69) is 130 Å². The van der Waals surface area contributed by atoms with Gasteiger partial charge in [0, 0.05) is 19.3 Å². The number of hydrogen-bond donors (Lipinski definition) is 0. The molecule has 1 atom stereocenters. The largest absolute Gasteiger partial charge is 0.462 e. The van der Waals surface area contributed by atoms with Crippen molar-refractivity contribution in [1.29, 1.82) is 0 Å². The number of carbonyl (C=O) groups is 3. The van der Waals surface area contributed by atoms with Gasteiger partial charge in [0.2, 0.25) is 0 Å². The van der Waals surface area contributed by atoms with Crippen LogP contribution >= 0.6 is 0 Å². The highest BCUT2D eigenvalue weighted by Gasteiger charge is 2.19. The van der Waals surface area contributed by atoms with E-state index in [0.29, 0.717) is 19.3 Å². The van der Waals surface area contributed by atoms with Crippen molar-refractivity contribution in [3.05, 3.63) is 109 Å². The summed E-state index contributed by atoms with van der Waals surface area (Å²) in [4.78, 5) is 38.4. The Morgan fingerprint density at radius 2 is 0.487 bits per heavy atom. The molecule has 0 radical (unpaired) electrons. The number of hydrogen-bond acceptors (Lipinski definition) is 6. The van der Waals surface area contributed by atoms with Crippen molar-refractivity contribution in [3.8, 4) is 0 Å². The molecular formula is C74H126O6. The maximum Gasteiger partial charge on any atom is 0.306 e. The minimum Gasteiger partial charge on any atom is -0.462 e. The van der Waals surface area contributed by atoms with Crippen molar-refractivity contribution in [2.75, 3.05) is 13.2 Å². The van der Waals surface area contributed by atoms with E-state index in [1.165, 1.54) is 167 Å². The van der Waals surface area contributed by atoms with Gasteiger partial charge in [-0.05, 0) is 128 Å². The Kier molecular flexibility index (Phi) is 64.3. The van der Waals surface area contributed by atoms with Crippen LogP contribution in [0.3, 0.4) is 0 Å². The third-order valence-electron chi connectivity index (χ3n) is 14.5. The minimum atomic E-state index is -0.791. The van der Waals surface area contributed by atoms with E-state index in [4.69, 9.17) is 14.2 Å². The number of esters is 3. The van der Waals surface area contributed by atoms with Gasteiger partial charge in [-0.3, -0.25) is 14.4 Å². The Balaban J connectivity index is 4.38. The molecule has 0 amide bonds. The van der Waals surface area contributed by atoms with Gasteiger partial charge in [0.15, 0.2) is 6.10 Å². The van der Waals surface area contributed by atoms with Crippen LogP contribution in [0.25, 0.3) is 0 Å². The second-order valence-corrected chi connectivity index (χ2v) is 22.3. The first-order chi connectivity index (χ1) is 39.5. The molecule has 1 unspecified atom stereocenters. The Labute approximate surface area is 495 Å². The summed E-state index contributed by atoms with van der Waals surface area (Å²) in [5.74, 6) is -0.895. The monoisotopic (exact) mass is 1110 g/mol. The van der Waals surface area contributed by atoms with Gasteiger partial charge in [-0.15, -0.1) is 0 Å². The molecule has 0 saturated heterocycles. The van der Waals surface area contributed by atoms with E-state index in [1.54, 1.807) is 0 Å². The fraction of sp³-hybridized carbons (Fsp3) is 0.716. The molecule has 0 aliphatic heterocycles. The van der Waals surface area contributed by atoms with Gasteiger partial charge >= 0.3 is 17.9 Å². The fourth-order valence-electron chi connectivity index (χ4n) is 9.41. The summed E-state index contributed by atoms with van der Waals surface area (Å²) in [5, 5.41) is 0. The average Bonchev–Trinajstić information content (AvgIpc) is 3.46. The molecule has 0 heterocycles. The van der Waals surface area contributed by atoms with E-state index < -0.39 is 6.10 Å². The van der Waals surface area contributed by atoms with Crippen LogP contribution in [0, 0.1) is 0 Å². The Hall–Kier alpha value is -3.93. The van der Waals surface area contributed by atoms with Crippen LogP contribution in [0.5, 0.6) is 0 Å². The Morgan fingerprint density at radius 1 is 0.263 bits per heavy atom. The fourth-order valence-corrected chi connectivity index (χ4v) is 9.41. The highest BCUT2D eigenvalue weighted by atomic mass is 16.6. The summed E-state index contributed by atoms with van der Waals surface area (Å²) in [6, 6.07) is 0. The molecule has 0 saturated carbocycles. The van der Waals surface area contributed by atoms with Crippen molar-refractivity contribution < 1.29 is 28.6 Å². The quantitative estimate of drug-likeness (QED) is 0.0261. The predicted octanol–water partition coefficient (Wildman–Crippen LogP) is 23.4. The average molecular weight is 1110 g/mol. The van der Waals surface area contributed by atoms with Gasteiger partial charge in [-0.1, -0.05) is 284 Å². The molecule has 80 heavy (non-hydrogen) atoms. The first-order valence-electron chi connectivity index (χ1n) is 33.9. The van der Waals surface area contributed by atoms with Crippen molar-refractivity contribution in [2.24, 2.45) is 0 Å². The molecule has 0 N–H and O–H groups in total. The van der Waals surface area contributed by atoms with Crippen LogP contribution in [0.15, 0.2) is 109 Å². The SMILES string of the molecule is CC/C=C\C/C=C\C/C=C\C/C=C\C/C=C\C/C=C\CCCCCCCCCCC(=O)OCC(COC(=O)CCCCCCCCC/C=C\CCCCCCCC)OC(=O)CCCCCCCCC/C=C\C/C=C\CCCCCC. The van der Waals surface area contributed by atoms with Gasteiger partial charge in [0.1, 0.15) is 13.2 Å². The van der Waals surface area contributed by atoms with Crippen LogP contribution in [0.2, 0.25) is 0 Å². The van der Waals surface area contributed by atoms with Crippen LogP contribution < -0.4 is 0 Å². The van der Waals surface area contributed by atoms with E-state index in [-0.39, 0.29) is 31.1 Å². The smallest absolute Gasteiger partial charge is 0.306 e. The van der Waals surface area contributed by atoms with Crippen molar-refractivity contribution in [1.82, 2.24) is 0 Å². The summed E-state index contributed by atoms with van der Waals surface area (Å²) in [6.07, 6.45) is 92.3. The maximum absolute atomic E-state index is 12.9. The highest BCUT2D eigenvalue weighted by Crippen LogP contribution is 2.16. The predicted molar refractivity (Wildman–Crippen MR) is 348 cm³/mol. The lowest BCUT2D eigenvalue weighted by Gasteiger charge is -2.18. The third-order valence-corrected chi connectivity index (χ3v) is 14.5. The molecule has 0 spiro atoms. The normalized spacial score (nSPS) is 12.8. The molecule has 0 bridgehead atoms. The van der Waals surface area contributed by atoms with Gasteiger partial charge < -0.3 is 14.2 Å². The van der Waals surface area contributed by atoms with Gasteiger partial charge in [-0.2, -0.15) is 0 Å². The zero-order chi connectivity index (χ0) is 57.8. The standard InChI is InChI=1S/C74H126O6/c1-4-7-10-13-16-19-22-25-28-31-33-34-35-36-37-38-39-40-41-44-46-49-52-55-58-61-64-67-73(76)79-70-71(69-78-72(75)66-63-60-57-54-51-48-45-42-30-27-24-21-18-15-12-9-6-3)80-74(77)68-65-62-59-56-53-50-47-43-32-29-26-23-20-17-14-11-8-5-2/h7,10,16,19-20,23,25,27-30,32-34,36-37,39-40,71H,4-6,8-9,11-15,17-18,21-22,24,26,31,35,38,41-70H2,1-3H3/b10-7-,19-16-,23-20-,28-25-,30-27-,32-29-,34-33-,37-36-,40-39-. The summed E-state index contributed by atoms with van der Waals surface area (Å²) in [7, 11) is 0. The molecule has 0 aliphatic rings. The van der Waals surface area contributed by atoms with E-state index in [9.17, 15) is 14.4 Å². The Bertz CT molecular complexity index is 1610. The molecule has 0 aromatic carbocycles. The lowest BCUT2D eigenvalue weighted by atomic mass is 10.1. The summed E-state index contributed by atoms with van der Waals surface area (Å²) >= 11 is 0. The van der Waals surface area contributed by atoms with Crippen molar-refractivity contribution in [2.45, 2.75) is 329 Å². The molecule has 0 aliphatic carbocycles. The number of unbranched alkanes of at least 4 members (excludes halogenated alkanes) is 32. The number of allylic oxidation sites excluding steroid dienone is 18. The number of carbonyl (C=O) groups excluding carboxylic acids is 3. The first kappa shape index (κ1) is 76.1. The summed E-state index contributed by atoms with van der Waals surface area (Å²) in [6.45, 7) is 6.52. The zero-order valence-electron chi connectivity index (χ0n) is 52.6. The lowest BCUT2D eigenvalue weighted by Crippen LogP contribution is -2.30. The minimum absolute atomic E-state index is 0.0857. The molecule has 458 valence electrons. The van der Waals surface area contributed by atoms with Crippen LogP contribution in [0.1, 0.15) is 323 Å². The van der Waals surface area contributed by atoms with Crippen molar-refractivity contribution in [3.63, 3.8) is 0 Å². The van der Waals surface area contributed by atoms with Crippen LogP contribution in [-0.4, -0.2) is 37.2 Å². The topological polar surface area (TPSA) is 78.9 Å². The molecule has 6 nitrogen and oxygen atoms in total. The molecule has 0 aromatic rings. The highest BCUT2D eigenvalue weighted by molar-refractivity contribution is 5.71. The van der Waals surface area contributed by atoms with E-state index >= 15 is 0 Å². The maximum atomic E-state index is 12.9. The first-order valence-corrected chi connectivity index (χ1v) is 33.9. The van der Waals surface area contributed by atoms with Gasteiger partial charge in [-0.25, -0.2) is 0 Å². The molecule has 0 aromatic heterocycles. The molecule has 0 rings (SSSR count). The molecule has 6 heteroatoms. The van der Waals surface area contributed by atoms with Crippen molar-refractivity contribution >= 4 is 17.9 Å². The zero-order valence-corrected chi connectivity index (χ0v) is 52.6. The molecule has 0 fully saturated rings. The van der Waals surface area contributed by atoms with Gasteiger partial charge in [0.05, 0.1) is 0 Å². The van der Waals surface area contributed by atoms with Gasteiger partial charge in [0.25, 0.3) is 0 Å². The summed E-state index contributed by atoms with van der Waals surface area (Å²) < 4.78 is 17.0. The number of ether oxygens (including phenoxy) is 3. The van der Waals surface area contributed by atoms with E-state index in [0.717, 1.165) is 116 Å². The second-order valence-electron chi connectivity index (χ2n) is 22.3. The van der Waals surface area contributed by atoms with E-state index in [1.807, 2.05) is 0 Å². The number of rotatable bonds is 61. The van der Waals surface area contributed by atoms with Crippen LogP contribution in [0.4, 0.5) is 0 Å². The Morgan fingerprint density at radius 3 is 0.787 bits per heavy atom. The second kappa shape index (κ2) is 67.6. The third kappa shape index (κ3) is 64.9. The van der Waals surface area contributed by atoms with Crippen LogP contribution in [-0.2, 0) is 28.6 Å². The summed E-state index contributed by atoms with van der Waals surface area (Å²) in [5.41, 5.74) is 0. The molecular weight excluding hydrogens is 985 g/mol. The lowest BCUT2D eigenvalue weighted by molar-refractivity contribution is -0.167.